The number of nitrogens with one attached hydrogen (secondary N) is 2. The van der Waals surface area contributed by atoms with Crippen LogP contribution < -0.4 is 5.56 Å². The Labute approximate surface area is 76.9 Å². The third-order valence-electron chi connectivity index (χ3n) is 2.71. The van der Waals surface area contributed by atoms with Gasteiger partial charge >= 0.3 is 0 Å². The third-order valence-corrected chi connectivity index (χ3v) is 2.71. The van der Waals surface area contributed by atoms with Crippen molar-refractivity contribution in [2.45, 2.75) is 32.9 Å². The largest absolute Gasteiger partial charge is 0.302 e. The topological polar surface area (TPSA) is 51.9 Å². The van der Waals surface area contributed by atoms with Gasteiger partial charge in [0.1, 0.15) is 0 Å². The molecule has 0 radical (unpaired) electrons. The first-order valence-electron chi connectivity index (χ1n) is 4.71. The zero-order valence-electron chi connectivity index (χ0n) is 8.05. The molecular weight excluding hydrogens is 166 g/mol. The molecular formula is C9H15N3O. The molecule has 2 heterocycles. The number of hydrogen-bond donors (Lipinski definition) is 2. The van der Waals surface area contributed by atoms with E-state index in [1.807, 2.05) is 0 Å². The van der Waals surface area contributed by atoms with Crippen molar-refractivity contribution in [3.63, 3.8) is 0 Å². The SMILES string of the molecule is CC(C)N1CCc2[nH][nH]c(=O)c2C1. The molecule has 4 nitrogen and oxygen atoms in total. The van der Waals surface area contributed by atoms with Crippen molar-refractivity contribution in [1.82, 2.24) is 15.1 Å². The molecule has 0 amide bonds. The lowest BCUT2D eigenvalue weighted by Crippen LogP contribution is -2.37. The second-order valence-electron chi connectivity index (χ2n) is 3.85. The van der Waals surface area contributed by atoms with Gasteiger partial charge in [0.25, 0.3) is 5.56 Å². The van der Waals surface area contributed by atoms with Crippen LogP contribution in [0, 0.1) is 0 Å². The highest BCUT2D eigenvalue weighted by Crippen LogP contribution is 2.14. The lowest BCUT2D eigenvalue weighted by molar-refractivity contribution is 0.202. The zero-order chi connectivity index (χ0) is 9.42. The Balaban J connectivity index is 2.28. The number of rotatable bonds is 1. The van der Waals surface area contributed by atoms with Crippen LogP contribution in [0.3, 0.4) is 0 Å². The van der Waals surface area contributed by atoms with Crippen LogP contribution >= 0.6 is 0 Å². The predicted molar refractivity (Wildman–Crippen MR) is 50.7 cm³/mol. The Morgan fingerprint density at radius 1 is 1.38 bits per heavy atom. The quantitative estimate of drug-likeness (QED) is 0.661. The van der Waals surface area contributed by atoms with E-state index in [-0.39, 0.29) is 5.56 Å². The number of nitrogens with zero attached hydrogens (tertiary/aromatic N) is 1. The molecule has 0 spiro atoms. The summed E-state index contributed by atoms with van der Waals surface area (Å²) in [6, 6.07) is 0.516. The van der Waals surface area contributed by atoms with Gasteiger partial charge in [-0.25, -0.2) is 0 Å². The van der Waals surface area contributed by atoms with E-state index in [2.05, 4.69) is 28.9 Å². The van der Waals surface area contributed by atoms with E-state index in [0.29, 0.717) is 6.04 Å². The number of aromatic nitrogens is 2. The van der Waals surface area contributed by atoms with Gasteiger partial charge in [0.2, 0.25) is 0 Å². The maximum Gasteiger partial charge on any atom is 0.268 e. The number of hydrogen-bond acceptors (Lipinski definition) is 2. The Morgan fingerprint density at radius 3 is 2.85 bits per heavy atom. The molecule has 1 aliphatic rings. The monoisotopic (exact) mass is 181 g/mol. The molecule has 13 heavy (non-hydrogen) atoms. The van der Waals surface area contributed by atoms with Crippen LogP contribution in [0.15, 0.2) is 4.79 Å². The second kappa shape index (κ2) is 3.03. The van der Waals surface area contributed by atoms with Crippen LogP contribution in [0.5, 0.6) is 0 Å². The number of aromatic amines is 2. The van der Waals surface area contributed by atoms with Crippen LogP contribution in [0.25, 0.3) is 0 Å². The highest BCUT2D eigenvalue weighted by Gasteiger charge is 2.21. The van der Waals surface area contributed by atoms with Crippen LogP contribution in [-0.4, -0.2) is 27.7 Å². The molecule has 0 saturated carbocycles. The average Bonchev–Trinajstić information content (AvgIpc) is 2.47. The zero-order valence-corrected chi connectivity index (χ0v) is 8.05. The molecule has 72 valence electrons. The summed E-state index contributed by atoms with van der Waals surface area (Å²) < 4.78 is 0. The Morgan fingerprint density at radius 2 is 2.15 bits per heavy atom. The van der Waals surface area contributed by atoms with Crippen LogP contribution in [0.4, 0.5) is 0 Å². The minimum absolute atomic E-state index is 0.0420. The van der Waals surface area contributed by atoms with E-state index >= 15 is 0 Å². The minimum Gasteiger partial charge on any atom is -0.302 e. The summed E-state index contributed by atoms with van der Waals surface area (Å²) >= 11 is 0. The summed E-state index contributed by atoms with van der Waals surface area (Å²) in [7, 11) is 0. The first kappa shape index (κ1) is 8.56. The fourth-order valence-electron chi connectivity index (χ4n) is 1.78. The summed E-state index contributed by atoms with van der Waals surface area (Å²) in [5.41, 5.74) is 2.04. The fraction of sp³-hybridized carbons (Fsp3) is 0.667. The average molecular weight is 181 g/mol. The Bertz CT molecular complexity index is 350. The molecule has 1 aliphatic heterocycles. The van der Waals surface area contributed by atoms with Crippen LogP contribution in [0.1, 0.15) is 25.1 Å². The summed E-state index contributed by atoms with van der Waals surface area (Å²) in [6.45, 7) is 6.14. The van der Waals surface area contributed by atoms with Crippen LogP contribution in [-0.2, 0) is 13.0 Å². The highest BCUT2D eigenvalue weighted by molar-refractivity contribution is 5.19. The lowest BCUT2D eigenvalue weighted by Gasteiger charge is -2.29. The Hall–Kier alpha value is -1.03. The first-order chi connectivity index (χ1) is 6.18. The smallest absolute Gasteiger partial charge is 0.268 e. The van der Waals surface area contributed by atoms with E-state index in [1.165, 1.54) is 0 Å². The summed E-state index contributed by atoms with van der Waals surface area (Å²) in [5.74, 6) is 0. The third kappa shape index (κ3) is 1.42. The summed E-state index contributed by atoms with van der Waals surface area (Å²) in [4.78, 5) is 13.6. The van der Waals surface area contributed by atoms with E-state index in [1.54, 1.807) is 0 Å². The fourth-order valence-corrected chi connectivity index (χ4v) is 1.78. The highest BCUT2D eigenvalue weighted by atomic mass is 16.1. The van der Waals surface area contributed by atoms with Crippen molar-refractivity contribution in [2.75, 3.05) is 6.54 Å². The van der Waals surface area contributed by atoms with Gasteiger partial charge in [-0.05, 0) is 13.8 Å². The van der Waals surface area contributed by atoms with Gasteiger partial charge < -0.3 is 5.10 Å². The molecule has 0 atom stereocenters. The van der Waals surface area contributed by atoms with E-state index < -0.39 is 0 Å². The number of H-pyrrole nitrogens is 2. The second-order valence-corrected chi connectivity index (χ2v) is 3.85. The molecule has 0 saturated heterocycles. The normalized spacial score (nSPS) is 17.8. The van der Waals surface area contributed by atoms with Gasteiger partial charge in [0, 0.05) is 31.2 Å². The van der Waals surface area contributed by atoms with Crippen molar-refractivity contribution < 1.29 is 0 Å². The maximum absolute atomic E-state index is 11.3. The molecule has 0 aliphatic carbocycles. The van der Waals surface area contributed by atoms with Gasteiger partial charge in [-0.1, -0.05) is 0 Å². The van der Waals surface area contributed by atoms with E-state index in [4.69, 9.17) is 0 Å². The van der Waals surface area contributed by atoms with Gasteiger partial charge in [0.15, 0.2) is 0 Å². The lowest BCUT2D eigenvalue weighted by atomic mass is 10.1. The molecule has 1 aromatic rings. The molecule has 0 unspecified atom stereocenters. The van der Waals surface area contributed by atoms with Crippen molar-refractivity contribution >= 4 is 0 Å². The van der Waals surface area contributed by atoms with E-state index in [9.17, 15) is 4.79 Å². The molecule has 0 bridgehead atoms. The van der Waals surface area contributed by atoms with Gasteiger partial charge in [-0.2, -0.15) is 0 Å². The molecule has 4 heteroatoms. The van der Waals surface area contributed by atoms with Crippen LogP contribution in [0.2, 0.25) is 0 Å². The standard InChI is InChI=1S/C9H15N3O/c1-6(2)12-4-3-8-7(5-12)9(13)11-10-8/h6H,3-5H2,1-2H3,(H2,10,11,13). The molecule has 0 fully saturated rings. The van der Waals surface area contributed by atoms with Crippen molar-refractivity contribution in [3.8, 4) is 0 Å². The van der Waals surface area contributed by atoms with Gasteiger partial charge in [0.05, 0.1) is 5.56 Å². The first-order valence-corrected chi connectivity index (χ1v) is 4.71. The maximum atomic E-state index is 11.3. The summed E-state index contributed by atoms with van der Waals surface area (Å²) in [6.07, 6.45) is 0.951. The van der Waals surface area contributed by atoms with Gasteiger partial charge in [-0.3, -0.25) is 14.8 Å². The molecule has 1 aromatic heterocycles. The number of fused-ring (bicyclic) bond motifs is 1. The summed E-state index contributed by atoms with van der Waals surface area (Å²) in [5, 5.41) is 5.55. The van der Waals surface area contributed by atoms with Gasteiger partial charge in [-0.15, -0.1) is 0 Å². The van der Waals surface area contributed by atoms with Crippen molar-refractivity contribution in [2.24, 2.45) is 0 Å². The van der Waals surface area contributed by atoms with E-state index in [0.717, 1.165) is 30.8 Å². The predicted octanol–water partition coefficient (Wildman–Crippen LogP) is 0.469. The Kier molecular flexibility index (Phi) is 2.00. The minimum atomic E-state index is 0.0420. The van der Waals surface area contributed by atoms with Crippen molar-refractivity contribution in [3.05, 3.63) is 21.6 Å². The molecule has 0 aromatic carbocycles. The molecule has 2 N–H and O–H groups in total. The van der Waals surface area contributed by atoms with Crippen molar-refractivity contribution in [1.29, 1.82) is 0 Å². The molecule has 2 rings (SSSR count).